The summed E-state index contributed by atoms with van der Waals surface area (Å²) in [6.45, 7) is 1.85. The van der Waals surface area contributed by atoms with Crippen LogP contribution >= 0.6 is 23.1 Å². The minimum absolute atomic E-state index is 0.0241. The van der Waals surface area contributed by atoms with Gasteiger partial charge in [-0.25, -0.2) is 9.78 Å². The number of carbonyl (C=O) groups excluding carboxylic acids is 2. The number of nitrogens with two attached hydrogens (primary N) is 1. The molecule has 1 aromatic rings. The van der Waals surface area contributed by atoms with Crippen LogP contribution in [0.4, 0.5) is 5.13 Å². The van der Waals surface area contributed by atoms with E-state index in [0.717, 1.165) is 0 Å². The lowest BCUT2D eigenvalue weighted by molar-refractivity contribution is -0.150. The van der Waals surface area contributed by atoms with Crippen molar-refractivity contribution in [3.05, 3.63) is 22.8 Å². The smallest absolute Gasteiger partial charge is 0.352 e. The number of fused-ring (bicyclic) bond motifs is 1. The summed E-state index contributed by atoms with van der Waals surface area (Å²) in [7, 11) is 0. The van der Waals surface area contributed by atoms with Crippen LogP contribution in [-0.2, 0) is 20.8 Å². The summed E-state index contributed by atoms with van der Waals surface area (Å²) in [5, 5.41) is 13.5. The molecule has 2 unspecified atom stereocenters. The number of β-lactam (4-membered cyclic amide) rings is 1. The predicted octanol–water partition coefficient (Wildman–Crippen LogP) is 0.0247. The number of thiazole rings is 1. The predicted molar refractivity (Wildman–Crippen MR) is 85.6 cm³/mol. The Hall–Kier alpha value is -2.07. The van der Waals surface area contributed by atoms with Gasteiger partial charge in [0, 0.05) is 10.6 Å². The SMILES string of the molecule is CC1C=C(C(=O)O)N2C(=O)C(NC(=O)Cc3csc(N)n3)[C@@H]2S1. The highest BCUT2D eigenvalue weighted by molar-refractivity contribution is 8.00. The molecule has 2 aliphatic heterocycles. The Labute approximate surface area is 139 Å². The van der Waals surface area contributed by atoms with Gasteiger partial charge < -0.3 is 16.2 Å². The number of carboxylic acid groups (broad SMARTS) is 1. The Morgan fingerprint density at radius 2 is 2.26 bits per heavy atom. The van der Waals surface area contributed by atoms with Crippen LogP contribution in [0.3, 0.4) is 0 Å². The summed E-state index contributed by atoms with van der Waals surface area (Å²) in [6, 6.07) is -0.714. The van der Waals surface area contributed by atoms with Crippen molar-refractivity contribution in [1.82, 2.24) is 15.2 Å². The molecule has 8 nitrogen and oxygen atoms in total. The number of thioether (sulfide) groups is 1. The van der Waals surface area contributed by atoms with E-state index in [-0.39, 0.29) is 23.3 Å². The van der Waals surface area contributed by atoms with Gasteiger partial charge in [-0.1, -0.05) is 0 Å². The highest BCUT2D eigenvalue weighted by atomic mass is 32.2. The number of nitrogens with one attached hydrogen (secondary N) is 1. The van der Waals surface area contributed by atoms with Crippen molar-refractivity contribution in [2.75, 3.05) is 5.73 Å². The zero-order valence-electron chi connectivity index (χ0n) is 12.1. The summed E-state index contributed by atoms with van der Waals surface area (Å²) in [5.74, 6) is -1.89. The number of carbonyl (C=O) groups is 3. The number of hydrogen-bond acceptors (Lipinski definition) is 7. The second-order valence-electron chi connectivity index (χ2n) is 5.20. The van der Waals surface area contributed by atoms with Crippen LogP contribution in [0.5, 0.6) is 0 Å². The largest absolute Gasteiger partial charge is 0.477 e. The first-order valence-corrected chi connectivity index (χ1v) is 8.62. The fourth-order valence-corrected chi connectivity index (χ4v) is 4.41. The van der Waals surface area contributed by atoms with E-state index in [1.807, 2.05) is 6.92 Å². The number of amides is 2. The minimum atomic E-state index is -1.14. The molecule has 2 aliphatic rings. The number of aromatic nitrogens is 1. The number of nitrogen functional groups attached to an aromatic ring is 1. The van der Waals surface area contributed by atoms with E-state index in [2.05, 4.69) is 10.3 Å². The van der Waals surface area contributed by atoms with Gasteiger partial charge in [-0.05, 0) is 13.0 Å². The summed E-state index contributed by atoms with van der Waals surface area (Å²) in [4.78, 5) is 40.7. The number of nitrogens with zero attached hydrogens (tertiary/aromatic N) is 2. The van der Waals surface area contributed by atoms with Crippen LogP contribution in [-0.4, -0.2) is 49.4 Å². The zero-order valence-corrected chi connectivity index (χ0v) is 13.7. The first kappa shape index (κ1) is 15.8. The van der Waals surface area contributed by atoms with Crippen LogP contribution in [0.25, 0.3) is 0 Å². The number of anilines is 1. The van der Waals surface area contributed by atoms with Crippen molar-refractivity contribution in [3.8, 4) is 0 Å². The average molecular weight is 354 g/mol. The molecule has 1 fully saturated rings. The van der Waals surface area contributed by atoms with Crippen LogP contribution in [0.1, 0.15) is 12.6 Å². The van der Waals surface area contributed by atoms with Crippen molar-refractivity contribution in [3.63, 3.8) is 0 Å². The number of rotatable bonds is 4. The summed E-state index contributed by atoms with van der Waals surface area (Å²) >= 11 is 2.68. The van der Waals surface area contributed by atoms with Crippen LogP contribution in [0.15, 0.2) is 17.2 Å². The molecular weight excluding hydrogens is 340 g/mol. The third kappa shape index (κ3) is 2.91. The first-order valence-electron chi connectivity index (χ1n) is 6.79. The highest BCUT2D eigenvalue weighted by Crippen LogP contribution is 2.40. The van der Waals surface area contributed by atoms with E-state index in [1.54, 1.807) is 5.38 Å². The molecule has 23 heavy (non-hydrogen) atoms. The molecule has 1 saturated heterocycles. The van der Waals surface area contributed by atoms with Gasteiger partial charge in [-0.15, -0.1) is 23.1 Å². The maximum atomic E-state index is 12.2. The molecule has 1 aromatic heterocycles. The van der Waals surface area contributed by atoms with Gasteiger partial charge in [0.25, 0.3) is 5.91 Å². The van der Waals surface area contributed by atoms with Gasteiger partial charge in [0.15, 0.2) is 5.13 Å². The summed E-state index contributed by atoms with van der Waals surface area (Å²) < 4.78 is 0. The van der Waals surface area contributed by atoms with Gasteiger partial charge in [0.2, 0.25) is 5.91 Å². The van der Waals surface area contributed by atoms with Gasteiger partial charge in [0.1, 0.15) is 17.1 Å². The zero-order chi connectivity index (χ0) is 16.7. The highest BCUT2D eigenvalue weighted by Gasteiger charge is 2.53. The number of carboxylic acids is 1. The van der Waals surface area contributed by atoms with Gasteiger partial charge in [-0.2, -0.15) is 0 Å². The molecule has 0 aromatic carbocycles. The fraction of sp³-hybridized carbons (Fsp3) is 0.385. The number of aliphatic carboxylic acids is 1. The van der Waals surface area contributed by atoms with E-state index in [1.165, 1.54) is 34.1 Å². The second kappa shape index (κ2) is 5.85. The van der Waals surface area contributed by atoms with Crippen molar-refractivity contribution in [2.24, 2.45) is 0 Å². The quantitative estimate of drug-likeness (QED) is 0.651. The lowest BCUT2D eigenvalue weighted by Crippen LogP contribution is -2.70. The van der Waals surface area contributed by atoms with Gasteiger partial charge in [-0.3, -0.25) is 14.5 Å². The molecule has 3 rings (SSSR count). The molecule has 0 bridgehead atoms. The fourth-order valence-electron chi connectivity index (χ4n) is 2.52. The molecule has 122 valence electrons. The number of hydrogen-bond donors (Lipinski definition) is 3. The molecule has 10 heteroatoms. The molecule has 2 amide bonds. The van der Waals surface area contributed by atoms with Crippen molar-refractivity contribution >= 4 is 46.0 Å². The van der Waals surface area contributed by atoms with Crippen molar-refractivity contribution < 1.29 is 19.5 Å². The van der Waals surface area contributed by atoms with E-state index >= 15 is 0 Å². The topological polar surface area (TPSA) is 126 Å². The van der Waals surface area contributed by atoms with Crippen LogP contribution in [0, 0.1) is 0 Å². The normalized spacial score (nSPS) is 26.1. The Kier molecular flexibility index (Phi) is 4.02. The molecular formula is C13H14N4O4S2. The molecule has 0 spiro atoms. The van der Waals surface area contributed by atoms with Gasteiger partial charge in [0.05, 0.1) is 12.1 Å². The van der Waals surface area contributed by atoms with E-state index in [9.17, 15) is 19.5 Å². The molecule has 0 aliphatic carbocycles. The molecule has 4 N–H and O–H groups in total. The van der Waals surface area contributed by atoms with Crippen LogP contribution < -0.4 is 11.1 Å². The monoisotopic (exact) mass is 354 g/mol. The molecule has 3 atom stereocenters. The van der Waals surface area contributed by atoms with Crippen molar-refractivity contribution in [2.45, 2.75) is 30.0 Å². The second-order valence-corrected chi connectivity index (χ2v) is 7.58. The van der Waals surface area contributed by atoms with E-state index < -0.39 is 23.3 Å². The first-order chi connectivity index (χ1) is 10.9. The Bertz CT molecular complexity index is 717. The molecule has 0 saturated carbocycles. The Morgan fingerprint density at radius 3 is 2.87 bits per heavy atom. The average Bonchev–Trinajstić information content (AvgIpc) is 2.88. The minimum Gasteiger partial charge on any atom is -0.477 e. The lowest BCUT2D eigenvalue weighted by Gasteiger charge is -2.49. The standard InChI is InChI=1S/C13H14N4O4S2/c1-5-2-7(12(20)21)17-10(19)9(11(17)23-5)16-8(18)3-6-4-22-13(14)15-6/h2,4-5,9,11H,3H2,1H3,(H2,14,15)(H,16,18)(H,20,21)/t5?,9?,11-/m0/s1. The maximum Gasteiger partial charge on any atom is 0.352 e. The Morgan fingerprint density at radius 1 is 1.52 bits per heavy atom. The summed E-state index contributed by atoms with van der Waals surface area (Å²) in [5.41, 5.74) is 6.03. The molecule has 3 heterocycles. The van der Waals surface area contributed by atoms with Crippen LogP contribution in [0.2, 0.25) is 0 Å². The van der Waals surface area contributed by atoms with E-state index in [4.69, 9.17) is 5.73 Å². The van der Waals surface area contributed by atoms with E-state index in [0.29, 0.717) is 10.8 Å². The van der Waals surface area contributed by atoms with Gasteiger partial charge >= 0.3 is 5.97 Å². The third-order valence-electron chi connectivity index (χ3n) is 3.50. The Balaban J connectivity index is 1.66. The third-order valence-corrected chi connectivity index (χ3v) is 5.55. The molecule has 0 radical (unpaired) electrons. The lowest BCUT2D eigenvalue weighted by atomic mass is 10.0. The van der Waals surface area contributed by atoms with Crippen molar-refractivity contribution in [1.29, 1.82) is 0 Å². The maximum absolute atomic E-state index is 12.2. The summed E-state index contributed by atoms with van der Waals surface area (Å²) in [6.07, 6.45) is 1.57.